The number of methoxy groups -OCH3 is 2. The first-order chi connectivity index (χ1) is 37.7. The van der Waals surface area contributed by atoms with E-state index < -0.39 is 84.4 Å². The molecule has 1 fully saturated rings. The number of benzene rings is 1. The van der Waals surface area contributed by atoms with Gasteiger partial charge in [0.15, 0.2) is 5.78 Å². The summed E-state index contributed by atoms with van der Waals surface area (Å²) >= 11 is 0. The number of hydrogen-bond donors (Lipinski definition) is 7. The lowest BCUT2D eigenvalue weighted by Gasteiger charge is -2.39. The summed E-state index contributed by atoms with van der Waals surface area (Å²) in [5.74, 6) is -3.24. The first kappa shape index (κ1) is 67.9. The van der Waals surface area contributed by atoms with Crippen molar-refractivity contribution in [1.29, 1.82) is 0 Å². The van der Waals surface area contributed by atoms with E-state index in [9.17, 15) is 43.2 Å². The van der Waals surface area contributed by atoms with Crippen LogP contribution in [0.5, 0.6) is 0 Å². The summed E-state index contributed by atoms with van der Waals surface area (Å²) < 4.78 is 17.2. The van der Waals surface area contributed by atoms with Crippen LogP contribution < -0.4 is 37.6 Å². The standard InChI is InChI=1S/C58H94N10O12/c1-14-37(4)51(46(78-12)33-48(71)68-30-19-23-45(68)52(79-13)38(5)53(73)65-44(39(6)69)32-41-20-16-15-17-21-41)67(11)49(72)35-61-55(75)50(36(2)3)66(10)31-28-40-24-26-42(27-25-40)63-54(74)43(22-18-29-60-56(59)76)64-47(70)34-62-57(77)80-58(7,8)9/h15-17,20-21,24,26-27,36-38,40,43-46,50-52H,14,18-19,22-23,25,28-35H2,1-13H3,(H,61,75)(H,62,77)(H,63,74)(H,64,70)(H,65,73)(H3,59,60,76)/t37-,38+,40?,43-,44-,45-,46+,50?,51?,52+/m0/s1. The lowest BCUT2D eigenvalue weighted by molar-refractivity contribution is -0.146. The van der Waals surface area contributed by atoms with E-state index >= 15 is 0 Å². The number of allylic oxidation sites excluding steroid dienone is 3. The number of alkyl carbamates (subject to hydrolysis) is 1. The highest BCUT2D eigenvalue weighted by Gasteiger charge is 2.42. The number of hydrogen-bond acceptors (Lipinski definition) is 13. The summed E-state index contributed by atoms with van der Waals surface area (Å²) in [7, 11) is 6.58. The number of carbonyl (C=O) groups is 9. The van der Waals surface area contributed by atoms with Crippen LogP contribution in [0.3, 0.4) is 0 Å². The Kier molecular flexibility index (Phi) is 28.3. The summed E-state index contributed by atoms with van der Waals surface area (Å²) in [6.07, 6.45) is 7.62. The van der Waals surface area contributed by atoms with Gasteiger partial charge in [-0.1, -0.05) is 83.5 Å². The van der Waals surface area contributed by atoms with Crippen molar-refractivity contribution in [3.8, 4) is 0 Å². The maximum absolute atomic E-state index is 14.3. The zero-order valence-electron chi connectivity index (χ0n) is 49.7. The number of nitrogens with zero attached hydrogens (tertiary/aromatic N) is 3. The molecule has 0 spiro atoms. The fraction of sp³-hybridized carbons (Fsp3) is 0.672. The molecule has 1 aromatic rings. The van der Waals surface area contributed by atoms with E-state index in [-0.39, 0.29) is 73.1 Å². The molecule has 1 saturated heterocycles. The number of rotatable bonds is 32. The predicted octanol–water partition coefficient (Wildman–Crippen LogP) is 3.72. The van der Waals surface area contributed by atoms with Crippen molar-refractivity contribution in [1.82, 2.24) is 46.6 Å². The molecule has 0 bridgehead atoms. The smallest absolute Gasteiger partial charge is 0.408 e. The van der Waals surface area contributed by atoms with Gasteiger partial charge in [-0.2, -0.15) is 0 Å². The molecule has 0 aromatic heterocycles. The number of amides is 9. The third kappa shape index (κ3) is 22.3. The maximum Gasteiger partial charge on any atom is 0.408 e. The monoisotopic (exact) mass is 1120 g/mol. The Labute approximate surface area is 474 Å². The minimum Gasteiger partial charge on any atom is -0.444 e. The van der Waals surface area contributed by atoms with Crippen molar-refractivity contribution in [3.05, 3.63) is 59.8 Å². The molecule has 3 rings (SSSR count). The van der Waals surface area contributed by atoms with Crippen molar-refractivity contribution in [2.75, 3.05) is 61.0 Å². The second-order valence-corrected chi connectivity index (χ2v) is 22.6. The van der Waals surface area contributed by atoms with Gasteiger partial charge in [0.05, 0.1) is 55.3 Å². The summed E-state index contributed by atoms with van der Waals surface area (Å²) in [5, 5.41) is 16.2. The first-order valence-electron chi connectivity index (χ1n) is 28.1. The fourth-order valence-electron chi connectivity index (χ4n) is 10.4. The number of Topliss-reactive ketones (excluding diaryl/α,β-unsaturated/α-hetero) is 1. The van der Waals surface area contributed by atoms with E-state index in [1.165, 1.54) is 21.1 Å². The molecule has 1 aromatic carbocycles. The molecule has 1 heterocycles. The van der Waals surface area contributed by atoms with Crippen LogP contribution in [0.25, 0.3) is 0 Å². The molecule has 448 valence electrons. The predicted molar refractivity (Wildman–Crippen MR) is 304 cm³/mol. The molecular formula is C58H94N10O12. The maximum atomic E-state index is 14.3. The number of likely N-dealkylation sites (tertiary alicyclic amines) is 1. The lowest BCUT2D eigenvalue weighted by Crippen LogP contribution is -2.55. The number of nitrogens with two attached hydrogens (primary N) is 1. The third-order valence-electron chi connectivity index (χ3n) is 14.9. The molecular weight excluding hydrogens is 1030 g/mol. The van der Waals surface area contributed by atoms with Gasteiger partial charge in [0.2, 0.25) is 35.4 Å². The molecule has 1 aliphatic carbocycles. The number of carbonyl (C=O) groups excluding carboxylic acids is 9. The van der Waals surface area contributed by atoms with Crippen LogP contribution in [-0.2, 0) is 54.2 Å². The van der Waals surface area contributed by atoms with Crippen LogP contribution in [0.2, 0.25) is 0 Å². The molecule has 2 aliphatic rings. The Bertz CT molecular complexity index is 2290. The molecule has 22 heteroatoms. The Morgan fingerprint density at radius 1 is 0.863 bits per heavy atom. The molecule has 9 amide bonds. The van der Waals surface area contributed by atoms with Gasteiger partial charge in [-0.25, -0.2) is 9.59 Å². The fourth-order valence-corrected chi connectivity index (χ4v) is 10.4. The average Bonchev–Trinajstić information content (AvgIpc) is 3.89. The minimum atomic E-state index is -0.989. The van der Waals surface area contributed by atoms with Gasteiger partial charge < -0.3 is 61.6 Å². The van der Waals surface area contributed by atoms with E-state index in [0.29, 0.717) is 63.7 Å². The molecule has 80 heavy (non-hydrogen) atoms. The number of nitrogens with one attached hydrogen (secondary N) is 6. The van der Waals surface area contributed by atoms with Gasteiger partial charge in [-0.05, 0) is 116 Å². The summed E-state index contributed by atoms with van der Waals surface area (Å²) in [6.45, 7) is 16.7. The average molecular weight is 1120 g/mol. The minimum absolute atomic E-state index is 0.0361. The highest BCUT2D eigenvalue weighted by molar-refractivity contribution is 5.91. The number of ether oxygens (including phenoxy) is 3. The Balaban J connectivity index is 1.59. The van der Waals surface area contributed by atoms with E-state index in [2.05, 4.69) is 31.9 Å². The molecule has 22 nitrogen and oxygen atoms in total. The van der Waals surface area contributed by atoms with Crippen LogP contribution >= 0.6 is 0 Å². The number of urea groups is 1. The highest BCUT2D eigenvalue weighted by atomic mass is 16.6. The molecule has 1 aliphatic heterocycles. The molecule has 0 radical (unpaired) electrons. The van der Waals surface area contributed by atoms with E-state index in [1.54, 1.807) is 50.6 Å². The summed E-state index contributed by atoms with van der Waals surface area (Å²) in [6, 6.07) is 5.55. The largest absolute Gasteiger partial charge is 0.444 e. The van der Waals surface area contributed by atoms with Crippen LogP contribution in [0.4, 0.5) is 9.59 Å². The summed E-state index contributed by atoms with van der Waals surface area (Å²) in [5.41, 5.74) is 5.87. The second kappa shape index (κ2) is 33.4. The molecule has 3 unspecified atom stereocenters. The highest BCUT2D eigenvalue weighted by Crippen LogP contribution is 2.30. The third-order valence-corrected chi connectivity index (χ3v) is 14.9. The van der Waals surface area contributed by atoms with Crippen LogP contribution in [0, 0.1) is 23.7 Å². The second-order valence-electron chi connectivity index (χ2n) is 22.6. The normalized spacial score (nSPS) is 18.3. The van der Waals surface area contributed by atoms with Gasteiger partial charge >= 0.3 is 12.1 Å². The van der Waals surface area contributed by atoms with E-state index in [1.807, 2.05) is 82.1 Å². The number of primary amides is 1. The van der Waals surface area contributed by atoms with Crippen LogP contribution in [0.1, 0.15) is 119 Å². The van der Waals surface area contributed by atoms with Crippen molar-refractivity contribution < 1.29 is 57.4 Å². The zero-order chi connectivity index (χ0) is 59.9. The van der Waals surface area contributed by atoms with E-state index in [4.69, 9.17) is 19.9 Å². The molecule has 10 atom stereocenters. The Morgan fingerprint density at radius 3 is 2.12 bits per heavy atom. The quantitative estimate of drug-likeness (QED) is 0.0507. The van der Waals surface area contributed by atoms with Crippen LogP contribution in [0.15, 0.2) is 54.3 Å². The number of likely N-dealkylation sites (N-methyl/N-ethyl adjacent to an activating group) is 2. The van der Waals surface area contributed by atoms with Gasteiger partial charge in [0.1, 0.15) is 18.2 Å². The Morgan fingerprint density at radius 2 is 1.55 bits per heavy atom. The van der Waals surface area contributed by atoms with Crippen LogP contribution in [-0.4, -0.2) is 177 Å². The van der Waals surface area contributed by atoms with Gasteiger partial charge in [-0.15, -0.1) is 0 Å². The van der Waals surface area contributed by atoms with Crippen molar-refractivity contribution in [2.24, 2.45) is 29.4 Å². The summed E-state index contributed by atoms with van der Waals surface area (Å²) in [4.78, 5) is 123. The lowest BCUT2D eigenvalue weighted by atomic mass is 9.90. The van der Waals surface area contributed by atoms with Crippen molar-refractivity contribution in [3.63, 3.8) is 0 Å². The Hall–Kier alpha value is -6.39. The molecule has 8 N–H and O–H groups in total. The zero-order valence-corrected chi connectivity index (χ0v) is 49.7. The number of ketones is 1. The topological polar surface area (TPSA) is 289 Å². The van der Waals surface area contributed by atoms with Gasteiger partial charge in [0, 0.05) is 40.1 Å². The SMILES string of the molecule is CC[C@H](C)C([C@@H](CC(=O)N1CCC[C@H]1[C@H](OC)[C@@H](C)C(=O)N[C@@H](Cc1ccccc1)C(C)=O)OC)N(C)C(=O)CNC(=O)C(C(C)C)N(C)CCC1C=CC(NC(=O)[C@H](CCCNC(N)=O)NC(=O)CNC(=O)OC(C)(C)C)=CC1. The van der Waals surface area contributed by atoms with Crippen molar-refractivity contribution in [2.45, 2.75) is 168 Å². The van der Waals surface area contributed by atoms with E-state index in [0.717, 1.165) is 5.56 Å². The molecule has 0 saturated carbocycles. The van der Waals surface area contributed by atoms with Crippen molar-refractivity contribution >= 4 is 53.4 Å². The van der Waals surface area contributed by atoms with Gasteiger partial charge in [-0.3, -0.25) is 38.5 Å². The van der Waals surface area contributed by atoms with Gasteiger partial charge in [0.25, 0.3) is 0 Å². The first-order valence-corrected chi connectivity index (χ1v) is 28.1.